The number of alkyl halides is 3. The fourth-order valence-electron chi connectivity index (χ4n) is 4.50. The van der Waals surface area contributed by atoms with Gasteiger partial charge in [-0.05, 0) is 55.8 Å². The minimum absolute atomic E-state index is 0.0320. The molecule has 202 valence electrons. The van der Waals surface area contributed by atoms with Gasteiger partial charge in [-0.1, -0.05) is 6.07 Å². The number of carbonyl (C=O) groups is 2. The van der Waals surface area contributed by atoms with E-state index in [0.717, 1.165) is 23.4 Å². The summed E-state index contributed by atoms with van der Waals surface area (Å²) < 4.78 is 51.2. The Labute approximate surface area is 221 Å². The van der Waals surface area contributed by atoms with Gasteiger partial charge in [0.05, 0.1) is 30.4 Å². The molecular weight excluding hydrogens is 515 g/mol. The normalized spacial score (nSPS) is 15.6. The van der Waals surface area contributed by atoms with Crippen molar-refractivity contribution < 1.29 is 32.2 Å². The van der Waals surface area contributed by atoms with Crippen molar-refractivity contribution >= 4 is 28.6 Å². The van der Waals surface area contributed by atoms with E-state index in [1.54, 1.807) is 24.3 Å². The number of anilines is 1. The Morgan fingerprint density at radius 3 is 2.72 bits per heavy atom. The average Bonchev–Trinajstić information content (AvgIpc) is 3.32. The number of esters is 1. The van der Waals surface area contributed by atoms with E-state index in [-0.39, 0.29) is 24.2 Å². The molecule has 1 aliphatic heterocycles. The van der Waals surface area contributed by atoms with E-state index < -0.39 is 17.8 Å². The maximum absolute atomic E-state index is 13.0. The number of halogens is 3. The van der Waals surface area contributed by atoms with Crippen molar-refractivity contribution in [1.82, 2.24) is 19.4 Å². The van der Waals surface area contributed by atoms with E-state index in [0.29, 0.717) is 35.5 Å². The SMILES string of the molecule is COC(=O)CN1Cc2ncnc(Oc3ccc4c(ccn4C(=O)Nc4cccc(C(F)(F)F)c4)c3)c2CC1C. The topological polar surface area (TPSA) is 98.6 Å². The lowest BCUT2D eigenvalue weighted by molar-refractivity contribution is -0.142. The van der Waals surface area contributed by atoms with Crippen LogP contribution in [0.15, 0.2) is 61.1 Å². The van der Waals surface area contributed by atoms with Crippen molar-refractivity contribution in [1.29, 1.82) is 0 Å². The summed E-state index contributed by atoms with van der Waals surface area (Å²) in [5, 5.41) is 3.19. The average molecular weight is 540 g/mol. The second-order valence-electron chi connectivity index (χ2n) is 9.16. The Bertz CT molecular complexity index is 1550. The van der Waals surface area contributed by atoms with Gasteiger partial charge in [0.15, 0.2) is 0 Å². The second kappa shape index (κ2) is 10.4. The predicted octanol–water partition coefficient (Wildman–Crippen LogP) is 5.24. The minimum Gasteiger partial charge on any atom is -0.468 e. The lowest BCUT2D eigenvalue weighted by atomic mass is 9.99. The molecule has 2 aromatic carbocycles. The highest BCUT2D eigenvalue weighted by atomic mass is 19.4. The first kappa shape index (κ1) is 26.2. The number of hydrogen-bond donors (Lipinski definition) is 1. The summed E-state index contributed by atoms with van der Waals surface area (Å²) >= 11 is 0. The standard InChI is InChI=1S/C27H24F3N5O4/c1-16-10-21-22(13-34(16)14-24(36)38-2)31-15-32-25(21)39-20-6-7-23-17(11-20)8-9-35(23)26(37)33-19-5-3-4-18(12-19)27(28,29)30/h3-9,11-12,15-16H,10,13-14H2,1-2H3,(H,33,37). The molecule has 3 heterocycles. The van der Waals surface area contributed by atoms with Crippen molar-refractivity contribution in [3.8, 4) is 11.6 Å². The molecule has 0 saturated carbocycles. The maximum Gasteiger partial charge on any atom is 0.416 e. The van der Waals surface area contributed by atoms with Crippen LogP contribution in [0.4, 0.5) is 23.7 Å². The van der Waals surface area contributed by atoms with Crippen LogP contribution in [-0.4, -0.2) is 51.1 Å². The van der Waals surface area contributed by atoms with Crippen molar-refractivity contribution in [2.24, 2.45) is 0 Å². The number of aromatic nitrogens is 3. The number of rotatable bonds is 5. The summed E-state index contributed by atoms with van der Waals surface area (Å²) in [5.41, 5.74) is 1.34. The number of fused-ring (bicyclic) bond motifs is 2. The van der Waals surface area contributed by atoms with Gasteiger partial charge in [0.2, 0.25) is 5.88 Å². The maximum atomic E-state index is 13.0. The summed E-state index contributed by atoms with van der Waals surface area (Å²) in [6.45, 7) is 2.61. The van der Waals surface area contributed by atoms with Gasteiger partial charge in [-0.25, -0.2) is 14.8 Å². The van der Waals surface area contributed by atoms with Gasteiger partial charge in [0.25, 0.3) is 0 Å². The molecule has 2 aromatic heterocycles. The van der Waals surface area contributed by atoms with E-state index in [2.05, 4.69) is 15.3 Å². The van der Waals surface area contributed by atoms with Crippen LogP contribution in [0.1, 0.15) is 23.7 Å². The summed E-state index contributed by atoms with van der Waals surface area (Å²) in [7, 11) is 1.35. The van der Waals surface area contributed by atoms with Gasteiger partial charge in [-0.15, -0.1) is 0 Å². The third-order valence-electron chi connectivity index (χ3n) is 6.57. The molecule has 1 unspecified atom stereocenters. The predicted molar refractivity (Wildman–Crippen MR) is 135 cm³/mol. The molecule has 9 nitrogen and oxygen atoms in total. The first-order valence-corrected chi connectivity index (χ1v) is 12.0. The number of nitrogens with one attached hydrogen (secondary N) is 1. The molecule has 0 fully saturated rings. The smallest absolute Gasteiger partial charge is 0.416 e. The second-order valence-corrected chi connectivity index (χ2v) is 9.16. The zero-order valence-electron chi connectivity index (χ0n) is 21.0. The molecule has 0 aliphatic carbocycles. The number of ether oxygens (including phenoxy) is 2. The molecule has 1 aliphatic rings. The molecule has 0 radical (unpaired) electrons. The van der Waals surface area contributed by atoms with Crippen LogP contribution in [0.2, 0.25) is 0 Å². The molecule has 1 amide bonds. The Balaban J connectivity index is 1.33. The molecule has 0 bridgehead atoms. The molecule has 4 aromatic rings. The Kier molecular flexibility index (Phi) is 6.96. The third kappa shape index (κ3) is 5.55. The van der Waals surface area contributed by atoms with E-state index >= 15 is 0 Å². The molecule has 0 saturated heterocycles. The largest absolute Gasteiger partial charge is 0.468 e. The number of nitrogens with zero attached hydrogens (tertiary/aromatic N) is 4. The quantitative estimate of drug-likeness (QED) is 0.346. The van der Waals surface area contributed by atoms with Crippen LogP contribution in [0.5, 0.6) is 11.6 Å². The van der Waals surface area contributed by atoms with Gasteiger partial charge < -0.3 is 14.8 Å². The number of amides is 1. The van der Waals surface area contributed by atoms with E-state index in [9.17, 15) is 22.8 Å². The van der Waals surface area contributed by atoms with Gasteiger partial charge in [-0.3, -0.25) is 14.3 Å². The molecule has 39 heavy (non-hydrogen) atoms. The van der Waals surface area contributed by atoms with Crippen LogP contribution in [0, 0.1) is 0 Å². The molecule has 5 rings (SSSR count). The highest BCUT2D eigenvalue weighted by Gasteiger charge is 2.31. The van der Waals surface area contributed by atoms with Crippen LogP contribution in [-0.2, 0) is 28.7 Å². The van der Waals surface area contributed by atoms with Crippen LogP contribution < -0.4 is 10.1 Å². The van der Waals surface area contributed by atoms with Crippen LogP contribution in [0.3, 0.4) is 0 Å². The van der Waals surface area contributed by atoms with Crippen LogP contribution >= 0.6 is 0 Å². The van der Waals surface area contributed by atoms with E-state index in [4.69, 9.17) is 9.47 Å². The first-order valence-electron chi connectivity index (χ1n) is 12.0. The third-order valence-corrected chi connectivity index (χ3v) is 6.57. The number of methoxy groups -OCH3 is 1. The van der Waals surface area contributed by atoms with Crippen molar-refractivity contribution in [2.75, 3.05) is 19.0 Å². The Morgan fingerprint density at radius 1 is 1.13 bits per heavy atom. The number of hydrogen-bond acceptors (Lipinski definition) is 7. The number of benzene rings is 2. The van der Waals surface area contributed by atoms with Crippen molar-refractivity contribution in [2.45, 2.75) is 32.1 Å². The van der Waals surface area contributed by atoms with E-state index in [1.165, 1.54) is 36.3 Å². The fourth-order valence-corrected chi connectivity index (χ4v) is 4.50. The first-order chi connectivity index (χ1) is 18.6. The van der Waals surface area contributed by atoms with Crippen molar-refractivity contribution in [3.63, 3.8) is 0 Å². The Morgan fingerprint density at radius 2 is 1.95 bits per heavy atom. The zero-order chi connectivity index (χ0) is 27.7. The fraction of sp³-hybridized carbons (Fsp3) is 0.259. The highest BCUT2D eigenvalue weighted by Crippen LogP contribution is 2.33. The summed E-state index contributed by atoms with van der Waals surface area (Å²) in [6, 6.07) is 10.7. The number of carbonyl (C=O) groups excluding carboxylic acids is 2. The van der Waals surface area contributed by atoms with Gasteiger partial charge >= 0.3 is 18.2 Å². The molecular formula is C27H24F3N5O4. The monoisotopic (exact) mass is 539 g/mol. The Hall–Kier alpha value is -4.45. The van der Waals surface area contributed by atoms with Crippen molar-refractivity contribution in [3.05, 3.63) is 77.9 Å². The zero-order valence-corrected chi connectivity index (χ0v) is 21.0. The molecule has 12 heteroatoms. The van der Waals surface area contributed by atoms with Gasteiger partial charge in [0.1, 0.15) is 12.1 Å². The molecule has 1 atom stereocenters. The summed E-state index contributed by atoms with van der Waals surface area (Å²) in [6.07, 6.45) is -0.993. The summed E-state index contributed by atoms with van der Waals surface area (Å²) in [5.74, 6) is 0.578. The molecule has 0 spiro atoms. The van der Waals surface area contributed by atoms with Gasteiger partial charge in [0, 0.05) is 35.4 Å². The van der Waals surface area contributed by atoms with Gasteiger partial charge in [-0.2, -0.15) is 13.2 Å². The lowest BCUT2D eigenvalue weighted by Crippen LogP contribution is -2.42. The minimum atomic E-state index is -4.51. The van der Waals surface area contributed by atoms with E-state index in [1.807, 2.05) is 11.8 Å². The molecule has 1 N–H and O–H groups in total. The lowest BCUT2D eigenvalue weighted by Gasteiger charge is -2.33. The summed E-state index contributed by atoms with van der Waals surface area (Å²) in [4.78, 5) is 35.2. The highest BCUT2D eigenvalue weighted by molar-refractivity contribution is 5.98. The van der Waals surface area contributed by atoms with Crippen LogP contribution in [0.25, 0.3) is 10.9 Å².